The van der Waals surface area contributed by atoms with Crippen LogP contribution in [0.3, 0.4) is 0 Å². The van der Waals surface area contributed by atoms with Crippen molar-refractivity contribution in [3.63, 3.8) is 0 Å². The van der Waals surface area contributed by atoms with Gasteiger partial charge in [-0.3, -0.25) is 0 Å². The number of nitrogens with one attached hydrogen (secondary N) is 1. The predicted molar refractivity (Wildman–Crippen MR) is 50.8 cm³/mol. The first-order chi connectivity index (χ1) is 6.45. The molecule has 1 N–H and O–H groups in total. The SMILES string of the molecule is C1COC(CNCC2CCCO2)C1. The van der Waals surface area contributed by atoms with E-state index in [2.05, 4.69) is 5.32 Å². The fourth-order valence-electron chi connectivity index (χ4n) is 2.02. The van der Waals surface area contributed by atoms with E-state index in [0.29, 0.717) is 12.2 Å². The van der Waals surface area contributed by atoms with E-state index < -0.39 is 0 Å². The molecule has 0 amide bonds. The monoisotopic (exact) mass is 185 g/mol. The summed E-state index contributed by atoms with van der Waals surface area (Å²) in [5.41, 5.74) is 0. The molecule has 0 spiro atoms. The largest absolute Gasteiger partial charge is 0.377 e. The van der Waals surface area contributed by atoms with Crippen LogP contribution in [0.5, 0.6) is 0 Å². The van der Waals surface area contributed by atoms with Gasteiger partial charge in [0.2, 0.25) is 0 Å². The van der Waals surface area contributed by atoms with Gasteiger partial charge in [0.25, 0.3) is 0 Å². The molecule has 3 nitrogen and oxygen atoms in total. The molecular formula is C10H19NO2. The summed E-state index contributed by atoms with van der Waals surface area (Å²) in [6.45, 7) is 3.90. The fraction of sp³-hybridized carbons (Fsp3) is 1.00. The first-order valence-electron chi connectivity index (χ1n) is 5.39. The van der Waals surface area contributed by atoms with Crippen molar-refractivity contribution in [2.45, 2.75) is 37.9 Å². The highest BCUT2D eigenvalue weighted by Crippen LogP contribution is 2.12. The Morgan fingerprint density at radius 1 is 0.923 bits per heavy atom. The van der Waals surface area contributed by atoms with Gasteiger partial charge in [-0.1, -0.05) is 0 Å². The summed E-state index contributed by atoms with van der Waals surface area (Å²) in [5.74, 6) is 0. The zero-order valence-electron chi connectivity index (χ0n) is 8.13. The topological polar surface area (TPSA) is 30.5 Å². The van der Waals surface area contributed by atoms with Crippen molar-refractivity contribution in [1.82, 2.24) is 5.32 Å². The van der Waals surface area contributed by atoms with Gasteiger partial charge in [0, 0.05) is 26.3 Å². The minimum absolute atomic E-state index is 0.460. The Hall–Kier alpha value is -0.120. The van der Waals surface area contributed by atoms with Crippen molar-refractivity contribution in [3.8, 4) is 0 Å². The molecule has 2 rings (SSSR count). The van der Waals surface area contributed by atoms with E-state index in [1.807, 2.05) is 0 Å². The van der Waals surface area contributed by atoms with Crippen molar-refractivity contribution in [2.75, 3.05) is 26.3 Å². The van der Waals surface area contributed by atoms with Crippen molar-refractivity contribution >= 4 is 0 Å². The second kappa shape index (κ2) is 4.94. The van der Waals surface area contributed by atoms with Crippen molar-refractivity contribution in [2.24, 2.45) is 0 Å². The first-order valence-corrected chi connectivity index (χ1v) is 5.39. The van der Waals surface area contributed by atoms with Crippen LogP contribution >= 0.6 is 0 Å². The number of ether oxygens (including phenoxy) is 2. The molecule has 2 aliphatic rings. The molecule has 2 atom stereocenters. The van der Waals surface area contributed by atoms with E-state index in [9.17, 15) is 0 Å². The van der Waals surface area contributed by atoms with E-state index in [-0.39, 0.29) is 0 Å². The summed E-state index contributed by atoms with van der Waals surface area (Å²) in [7, 11) is 0. The molecule has 0 aromatic carbocycles. The standard InChI is InChI=1S/C10H19NO2/c1-3-9(12-5-1)7-11-8-10-4-2-6-13-10/h9-11H,1-8H2. The molecule has 0 saturated carbocycles. The maximum absolute atomic E-state index is 5.51. The van der Waals surface area contributed by atoms with Crippen LogP contribution in [-0.2, 0) is 9.47 Å². The van der Waals surface area contributed by atoms with Gasteiger partial charge in [-0.2, -0.15) is 0 Å². The van der Waals surface area contributed by atoms with Crippen LogP contribution in [-0.4, -0.2) is 38.5 Å². The molecule has 2 heterocycles. The van der Waals surface area contributed by atoms with Gasteiger partial charge < -0.3 is 14.8 Å². The van der Waals surface area contributed by atoms with Crippen LogP contribution in [0.15, 0.2) is 0 Å². The van der Waals surface area contributed by atoms with Gasteiger partial charge in [0.1, 0.15) is 0 Å². The van der Waals surface area contributed by atoms with E-state index in [1.54, 1.807) is 0 Å². The van der Waals surface area contributed by atoms with Crippen LogP contribution in [0.25, 0.3) is 0 Å². The average molecular weight is 185 g/mol. The second-order valence-electron chi connectivity index (χ2n) is 3.93. The third-order valence-electron chi connectivity index (χ3n) is 2.79. The van der Waals surface area contributed by atoms with Gasteiger partial charge in [-0.25, -0.2) is 0 Å². The van der Waals surface area contributed by atoms with E-state index in [0.717, 1.165) is 26.3 Å². The lowest BCUT2D eigenvalue weighted by Crippen LogP contribution is -2.32. The minimum Gasteiger partial charge on any atom is -0.377 e. The number of hydrogen-bond acceptors (Lipinski definition) is 3. The van der Waals surface area contributed by atoms with Gasteiger partial charge >= 0.3 is 0 Å². The fourth-order valence-corrected chi connectivity index (χ4v) is 2.02. The van der Waals surface area contributed by atoms with E-state index in [4.69, 9.17) is 9.47 Å². The van der Waals surface area contributed by atoms with Crippen LogP contribution in [0.1, 0.15) is 25.7 Å². The first kappa shape index (κ1) is 9.44. The maximum Gasteiger partial charge on any atom is 0.0700 e. The summed E-state index contributed by atoms with van der Waals surface area (Å²) >= 11 is 0. The molecule has 0 aliphatic carbocycles. The second-order valence-corrected chi connectivity index (χ2v) is 3.93. The van der Waals surface area contributed by atoms with Gasteiger partial charge in [-0.05, 0) is 25.7 Å². The minimum atomic E-state index is 0.460. The van der Waals surface area contributed by atoms with Crippen molar-refractivity contribution in [1.29, 1.82) is 0 Å². The molecule has 2 aliphatic heterocycles. The Balaban J connectivity index is 1.52. The van der Waals surface area contributed by atoms with E-state index >= 15 is 0 Å². The molecule has 3 heteroatoms. The summed E-state index contributed by atoms with van der Waals surface area (Å²) in [6, 6.07) is 0. The third kappa shape index (κ3) is 2.93. The zero-order valence-corrected chi connectivity index (χ0v) is 8.13. The summed E-state index contributed by atoms with van der Waals surface area (Å²) < 4.78 is 11.0. The molecular weight excluding hydrogens is 166 g/mol. The highest BCUT2D eigenvalue weighted by Gasteiger charge is 2.17. The molecule has 2 saturated heterocycles. The van der Waals surface area contributed by atoms with Gasteiger partial charge in [-0.15, -0.1) is 0 Å². The molecule has 0 aromatic heterocycles. The zero-order chi connectivity index (χ0) is 8.93. The maximum atomic E-state index is 5.51. The smallest absolute Gasteiger partial charge is 0.0700 e. The van der Waals surface area contributed by atoms with Crippen LogP contribution in [0.2, 0.25) is 0 Å². The van der Waals surface area contributed by atoms with Gasteiger partial charge in [0.15, 0.2) is 0 Å². The lowest BCUT2D eigenvalue weighted by Gasteiger charge is -2.13. The Morgan fingerprint density at radius 2 is 1.46 bits per heavy atom. The Bertz CT molecular complexity index is 124. The van der Waals surface area contributed by atoms with Crippen molar-refractivity contribution < 1.29 is 9.47 Å². The number of hydrogen-bond donors (Lipinski definition) is 1. The third-order valence-corrected chi connectivity index (χ3v) is 2.79. The highest BCUT2D eigenvalue weighted by molar-refractivity contribution is 4.71. The van der Waals surface area contributed by atoms with Crippen LogP contribution in [0.4, 0.5) is 0 Å². The summed E-state index contributed by atoms with van der Waals surface area (Å²) in [5, 5.41) is 3.42. The molecule has 0 radical (unpaired) electrons. The quantitative estimate of drug-likeness (QED) is 0.707. The highest BCUT2D eigenvalue weighted by atomic mass is 16.5. The predicted octanol–water partition coefficient (Wildman–Crippen LogP) is 0.934. The Labute approximate surface area is 79.8 Å². The average Bonchev–Trinajstić information content (AvgIpc) is 2.75. The number of rotatable bonds is 4. The summed E-state index contributed by atoms with van der Waals surface area (Å²) in [4.78, 5) is 0. The van der Waals surface area contributed by atoms with E-state index in [1.165, 1.54) is 25.7 Å². The molecule has 13 heavy (non-hydrogen) atoms. The lowest BCUT2D eigenvalue weighted by atomic mass is 10.2. The summed E-state index contributed by atoms with van der Waals surface area (Å²) in [6.07, 6.45) is 5.82. The lowest BCUT2D eigenvalue weighted by molar-refractivity contribution is 0.0907. The molecule has 2 unspecified atom stereocenters. The molecule has 2 fully saturated rings. The van der Waals surface area contributed by atoms with Crippen LogP contribution in [0, 0.1) is 0 Å². The van der Waals surface area contributed by atoms with Crippen molar-refractivity contribution in [3.05, 3.63) is 0 Å². The molecule has 0 aromatic rings. The normalized spacial score (nSPS) is 34.2. The molecule has 0 bridgehead atoms. The Morgan fingerprint density at radius 3 is 1.85 bits per heavy atom. The van der Waals surface area contributed by atoms with Crippen LogP contribution < -0.4 is 5.32 Å². The Kier molecular flexibility index (Phi) is 3.58. The van der Waals surface area contributed by atoms with Gasteiger partial charge in [0.05, 0.1) is 12.2 Å². The molecule has 76 valence electrons.